The largest absolute Gasteiger partial charge is 0.465 e. The van der Waals surface area contributed by atoms with Crippen molar-refractivity contribution in [2.75, 3.05) is 18.2 Å². The summed E-state index contributed by atoms with van der Waals surface area (Å²) in [5, 5.41) is 15.3. The maximum Gasteiger partial charge on any atom is 0.341 e. The second kappa shape index (κ2) is 11.3. The van der Waals surface area contributed by atoms with Gasteiger partial charge in [0, 0.05) is 26.7 Å². The molecule has 10 heteroatoms. The fourth-order valence-corrected chi connectivity index (χ4v) is 7.61. The van der Waals surface area contributed by atoms with Crippen molar-refractivity contribution in [1.29, 1.82) is 0 Å². The van der Waals surface area contributed by atoms with Crippen molar-refractivity contribution in [2.45, 2.75) is 71.0 Å². The molecule has 1 amide bonds. The zero-order valence-corrected chi connectivity index (χ0v) is 23.3. The molecule has 1 unspecified atom stereocenters. The van der Waals surface area contributed by atoms with Crippen molar-refractivity contribution in [1.82, 2.24) is 14.8 Å². The third kappa shape index (κ3) is 5.65. The lowest BCUT2D eigenvalue weighted by Gasteiger charge is -2.18. The lowest BCUT2D eigenvalue weighted by molar-refractivity contribution is -0.113. The second-order valence-electron chi connectivity index (χ2n) is 9.21. The van der Waals surface area contributed by atoms with Gasteiger partial charge in [0.1, 0.15) is 5.00 Å². The Kier molecular flexibility index (Phi) is 8.34. The van der Waals surface area contributed by atoms with Gasteiger partial charge in [0.25, 0.3) is 0 Å². The van der Waals surface area contributed by atoms with Crippen LogP contribution in [0.3, 0.4) is 0 Å². The number of aryl methyl sites for hydroxylation is 1. The number of nitrogens with zero attached hydrogens (tertiary/aromatic N) is 3. The number of ether oxygens (including phenoxy) is 1. The van der Waals surface area contributed by atoms with Crippen molar-refractivity contribution >= 4 is 51.3 Å². The van der Waals surface area contributed by atoms with Crippen LogP contribution in [0.15, 0.2) is 16.6 Å². The standard InChI is InChI=1S/C25H32N4O3S3/c1-6-7-17-11-16(12-33-17)22-27-28-25(29(22)14(2)3)34-13-20(30)26-23-21(24(31)32-5)18-9-8-15(4)10-19(18)35-23/h11-12,14-15H,6-10,13H2,1-5H3,(H,26,30). The molecule has 0 spiro atoms. The van der Waals surface area contributed by atoms with E-state index < -0.39 is 0 Å². The maximum atomic E-state index is 12.9. The smallest absolute Gasteiger partial charge is 0.341 e. The van der Waals surface area contributed by atoms with Gasteiger partial charge >= 0.3 is 5.97 Å². The molecule has 0 aliphatic heterocycles. The highest BCUT2D eigenvalue weighted by atomic mass is 32.2. The molecule has 1 N–H and O–H groups in total. The fourth-order valence-electron chi connectivity index (χ4n) is 4.36. The molecule has 3 heterocycles. The Hall–Kier alpha value is -2.17. The number of fused-ring (bicyclic) bond motifs is 1. The zero-order chi connectivity index (χ0) is 25.1. The molecule has 0 fully saturated rings. The summed E-state index contributed by atoms with van der Waals surface area (Å²) in [5.41, 5.74) is 2.62. The minimum atomic E-state index is -0.387. The Bertz CT molecular complexity index is 1210. The highest BCUT2D eigenvalue weighted by Crippen LogP contribution is 2.40. The summed E-state index contributed by atoms with van der Waals surface area (Å²) in [6.07, 6.45) is 4.97. The van der Waals surface area contributed by atoms with Gasteiger partial charge in [-0.25, -0.2) is 4.79 Å². The highest BCUT2D eigenvalue weighted by molar-refractivity contribution is 7.99. The van der Waals surface area contributed by atoms with Crippen molar-refractivity contribution in [3.8, 4) is 11.4 Å². The molecule has 1 atom stereocenters. The third-order valence-corrected chi connectivity index (χ3v) is 9.19. The van der Waals surface area contributed by atoms with Crippen molar-refractivity contribution in [3.05, 3.63) is 32.3 Å². The van der Waals surface area contributed by atoms with Crippen LogP contribution in [0.1, 0.15) is 72.3 Å². The lowest BCUT2D eigenvalue weighted by Crippen LogP contribution is -2.17. The number of hydrogen-bond donors (Lipinski definition) is 1. The summed E-state index contributed by atoms with van der Waals surface area (Å²) >= 11 is 4.61. The van der Waals surface area contributed by atoms with Gasteiger partial charge in [-0.15, -0.1) is 32.9 Å². The van der Waals surface area contributed by atoms with E-state index in [-0.39, 0.29) is 23.7 Å². The van der Waals surface area contributed by atoms with Crippen LogP contribution in [-0.2, 0) is 28.8 Å². The predicted octanol–water partition coefficient (Wildman–Crippen LogP) is 6.24. The van der Waals surface area contributed by atoms with Crippen molar-refractivity contribution < 1.29 is 14.3 Å². The quantitative estimate of drug-likeness (QED) is 0.259. The van der Waals surface area contributed by atoms with Crippen LogP contribution in [0.4, 0.5) is 5.00 Å². The Labute approximate surface area is 218 Å². The van der Waals surface area contributed by atoms with E-state index in [0.29, 0.717) is 21.6 Å². The molecule has 1 aliphatic carbocycles. The van der Waals surface area contributed by atoms with Crippen LogP contribution in [0.25, 0.3) is 11.4 Å². The molecular weight excluding hydrogens is 501 g/mol. The number of thiophene rings is 2. The summed E-state index contributed by atoms with van der Waals surface area (Å²) in [6, 6.07) is 2.34. The van der Waals surface area contributed by atoms with E-state index in [1.165, 1.54) is 40.0 Å². The van der Waals surface area contributed by atoms with Gasteiger partial charge in [-0.1, -0.05) is 32.0 Å². The molecule has 0 aromatic carbocycles. The number of methoxy groups -OCH3 is 1. The summed E-state index contributed by atoms with van der Waals surface area (Å²) in [6.45, 7) is 8.58. The van der Waals surface area contributed by atoms with Crippen LogP contribution in [-0.4, -0.2) is 39.5 Å². The van der Waals surface area contributed by atoms with Crippen molar-refractivity contribution in [3.63, 3.8) is 0 Å². The Morgan fingerprint density at radius 3 is 2.86 bits per heavy atom. The van der Waals surface area contributed by atoms with Gasteiger partial charge in [-0.2, -0.15) is 0 Å². The Morgan fingerprint density at radius 2 is 2.14 bits per heavy atom. The number of nitrogens with one attached hydrogen (secondary N) is 1. The van der Waals surface area contributed by atoms with Gasteiger partial charge in [0.05, 0.1) is 18.4 Å². The van der Waals surface area contributed by atoms with Crippen molar-refractivity contribution in [2.24, 2.45) is 5.92 Å². The van der Waals surface area contributed by atoms with Gasteiger partial charge in [-0.3, -0.25) is 9.36 Å². The Morgan fingerprint density at radius 1 is 1.34 bits per heavy atom. The molecule has 3 aromatic rings. The molecule has 35 heavy (non-hydrogen) atoms. The number of rotatable bonds is 9. The minimum Gasteiger partial charge on any atom is -0.465 e. The SMILES string of the molecule is CCCc1cc(-c2nnc(SCC(=O)Nc3sc4c(c3C(=O)OC)CCC(C)C4)n2C(C)C)cs1. The molecule has 0 radical (unpaired) electrons. The highest BCUT2D eigenvalue weighted by Gasteiger charge is 2.29. The first-order chi connectivity index (χ1) is 16.8. The first-order valence-corrected chi connectivity index (χ1v) is 14.7. The average molecular weight is 533 g/mol. The van der Waals surface area contributed by atoms with E-state index in [1.54, 1.807) is 11.3 Å². The summed E-state index contributed by atoms with van der Waals surface area (Å²) in [4.78, 5) is 28.0. The molecule has 4 rings (SSSR count). The first-order valence-electron chi connectivity index (χ1n) is 12.0. The number of esters is 1. The minimum absolute atomic E-state index is 0.150. The van der Waals surface area contributed by atoms with E-state index in [9.17, 15) is 9.59 Å². The molecule has 7 nitrogen and oxygen atoms in total. The van der Waals surface area contributed by atoms with E-state index in [4.69, 9.17) is 4.74 Å². The topological polar surface area (TPSA) is 86.1 Å². The normalized spacial score (nSPS) is 15.3. The third-order valence-electron chi connectivity index (χ3n) is 6.08. The molecular formula is C25H32N4O3S3. The molecule has 3 aromatic heterocycles. The van der Waals surface area contributed by atoms with E-state index >= 15 is 0 Å². The number of carbonyl (C=O) groups is 2. The maximum absolute atomic E-state index is 12.9. The predicted molar refractivity (Wildman–Crippen MR) is 144 cm³/mol. The summed E-state index contributed by atoms with van der Waals surface area (Å²) < 4.78 is 7.12. The van der Waals surface area contributed by atoms with E-state index in [0.717, 1.165) is 49.1 Å². The van der Waals surface area contributed by atoms with Crippen LogP contribution in [0.2, 0.25) is 0 Å². The van der Waals surface area contributed by atoms with Crippen LogP contribution in [0, 0.1) is 5.92 Å². The number of carbonyl (C=O) groups excluding carboxylic acids is 2. The number of anilines is 1. The van der Waals surface area contributed by atoms with E-state index in [2.05, 4.69) is 59.2 Å². The molecule has 0 saturated heterocycles. The molecule has 188 valence electrons. The fraction of sp³-hybridized carbons (Fsp3) is 0.520. The van der Waals surface area contributed by atoms with Gasteiger partial charge in [0.2, 0.25) is 5.91 Å². The lowest BCUT2D eigenvalue weighted by atomic mass is 9.88. The van der Waals surface area contributed by atoms with Crippen LogP contribution >= 0.6 is 34.4 Å². The number of hydrogen-bond acceptors (Lipinski definition) is 8. The van der Waals surface area contributed by atoms with Gasteiger partial charge in [-0.05, 0) is 57.1 Å². The number of aromatic nitrogens is 3. The second-order valence-corrected chi connectivity index (χ2v) is 12.2. The number of amides is 1. The summed E-state index contributed by atoms with van der Waals surface area (Å²) in [5.74, 6) is 1.02. The molecule has 0 bridgehead atoms. The van der Waals surface area contributed by atoms with E-state index in [1.807, 2.05) is 0 Å². The van der Waals surface area contributed by atoms with Gasteiger partial charge in [0.15, 0.2) is 11.0 Å². The average Bonchev–Trinajstić information content (AvgIpc) is 3.53. The Balaban J connectivity index is 1.49. The first kappa shape index (κ1) is 25.9. The zero-order valence-electron chi connectivity index (χ0n) is 20.8. The molecule has 0 saturated carbocycles. The van der Waals surface area contributed by atoms with Crippen LogP contribution in [0.5, 0.6) is 0 Å². The van der Waals surface area contributed by atoms with Gasteiger partial charge < -0.3 is 10.1 Å². The summed E-state index contributed by atoms with van der Waals surface area (Å²) in [7, 11) is 1.38. The monoisotopic (exact) mass is 532 g/mol. The molecule has 1 aliphatic rings. The van der Waals surface area contributed by atoms with Crippen LogP contribution < -0.4 is 5.32 Å². The number of thioether (sulfide) groups is 1.